The molecule has 0 aliphatic carbocycles. The van der Waals surface area contributed by atoms with Gasteiger partial charge in [0.25, 0.3) is 5.69 Å². The molecule has 126 valence electrons. The summed E-state index contributed by atoms with van der Waals surface area (Å²) in [7, 11) is 0. The Morgan fingerprint density at radius 1 is 1.25 bits per heavy atom. The molecular weight excluding hydrogens is 306 g/mol. The van der Waals surface area contributed by atoms with Gasteiger partial charge in [-0.15, -0.1) is 0 Å². The first-order valence-corrected chi connectivity index (χ1v) is 8.06. The molecule has 3 heterocycles. The van der Waals surface area contributed by atoms with E-state index in [9.17, 15) is 10.1 Å². The number of piperazine rings is 1. The summed E-state index contributed by atoms with van der Waals surface area (Å²) in [5.41, 5.74) is 1.94. The maximum atomic E-state index is 10.9. The van der Waals surface area contributed by atoms with Crippen LogP contribution in [0.3, 0.4) is 0 Å². The third-order valence-corrected chi connectivity index (χ3v) is 4.62. The van der Waals surface area contributed by atoms with Crippen LogP contribution in [0.1, 0.15) is 24.1 Å². The standard InChI is InChI=1S/C17H21N5O2/c1-13-10-17(19-12-16(13)22(23)24)21-8-6-20(7-9-21)14(2)15-4-3-5-18-11-15/h3-5,10-12,14H,6-9H2,1-2H3. The molecule has 0 radical (unpaired) electrons. The molecule has 1 atom stereocenters. The second-order valence-corrected chi connectivity index (χ2v) is 6.07. The highest BCUT2D eigenvalue weighted by atomic mass is 16.6. The Kier molecular flexibility index (Phi) is 4.71. The van der Waals surface area contributed by atoms with E-state index in [1.807, 2.05) is 12.3 Å². The van der Waals surface area contributed by atoms with Gasteiger partial charge in [0.05, 0.1) is 4.92 Å². The minimum Gasteiger partial charge on any atom is -0.354 e. The van der Waals surface area contributed by atoms with Gasteiger partial charge in [0.15, 0.2) is 0 Å². The molecule has 2 aromatic rings. The van der Waals surface area contributed by atoms with E-state index in [4.69, 9.17) is 0 Å². The average molecular weight is 327 g/mol. The number of anilines is 1. The van der Waals surface area contributed by atoms with E-state index in [-0.39, 0.29) is 10.6 Å². The van der Waals surface area contributed by atoms with Crippen molar-refractivity contribution in [3.05, 3.63) is 58.0 Å². The smallest absolute Gasteiger partial charge is 0.290 e. The number of aryl methyl sites for hydroxylation is 1. The Labute approximate surface area is 141 Å². The van der Waals surface area contributed by atoms with E-state index in [0.29, 0.717) is 11.6 Å². The molecule has 7 heteroatoms. The zero-order valence-electron chi connectivity index (χ0n) is 13.9. The summed E-state index contributed by atoms with van der Waals surface area (Å²) in [6.07, 6.45) is 5.06. The molecular formula is C17H21N5O2. The van der Waals surface area contributed by atoms with Crippen molar-refractivity contribution in [2.24, 2.45) is 0 Å². The summed E-state index contributed by atoms with van der Waals surface area (Å²) in [6, 6.07) is 6.20. The third-order valence-electron chi connectivity index (χ3n) is 4.62. The summed E-state index contributed by atoms with van der Waals surface area (Å²) < 4.78 is 0. The molecule has 2 aromatic heterocycles. The zero-order valence-corrected chi connectivity index (χ0v) is 13.9. The summed E-state index contributed by atoms with van der Waals surface area (Å²) in [5, 5.41) is 10.9. The number of nitro groups is 1. The first-order chi connectivity index (χ1) is 11.6. The molecule has 1 aliphatic rings. The molecule has 1 aliphatic heterocycles. The molecule has 0 aromatic carbocycles. The van der Waals surface area contributed by atoms with Gasteiger partial charge in [-0.25, -0.2) is 4.98 Å². The lowest BCUT2D eigenvalue weighted by Crippen LogP contribution is -2.47. The first kappa shape index (κ1) is 16.3. The van der Waals surface area contributed by atoms with E-state index in [1.165, 1.54) is 11.8 Å². The van der Waals surface area contributed by atoms with Gasteiger partial charge in [-0.2, -0.15) is 0 Å². The van der Waals surface area contributed by atoms with Crippen LogP contribution >= 0.6 is 0 Å². The lowest BCUT2D eigenvalue weighted by Gasteiger charge is -2.38. The predicted octanol–water partition coefficient (Wildman–Crippen LogP) is 2.58. The normalized spacial score (nSPS) is 16.8. The Hall–Kier alpha value is -2.54. The van der Waals surface area contributed by atoms with Crippen LogP contribution in [0.4, 0.5) is 11.5 Å². The molecule has 1 saturated heterocycles. The highest BCUT2D eigenvalue weighted by Crippen LogP contribution is 2.25. The molecule has 0 N–H and O–H groups in total. The lowest BCUT2D eigenvalue weighted by molar-refractivity contribution is -0.385. The number of pyridine rings is 2. The van der Waals surface area contributed by atoms with Crippen LogP contribution in [0.25, 0.3) is 0 Å². The number of hydrogen-bond donors (Lipinski definition) is 0. The van der Waals surface area contributed by atoms with Gasteiger partial charge in [-0.3, -0.25) is 20.0 Å². The summed E-state index contributed by atoms with van der Waals surface area (Å²) in [4.78, 5) is 23.6. The topological polar surface area (TPSA) is 75.4 Å². The quantitative estimate of drug-likeness (QED) is 0.634. The Morgan fingerprint density at radius 2 is 2.00 bits per heavy atom. The average Bonchev–Trinajstić information content (AvgIpc) is 2.61. The molecule has 7 nitrogen and oxygen atoms in total. The fourth-order valence-electron chi connectivity index (χ4n) is 3.07. The molecule has 0 saturated carbocycles. The van der Waals surface area contributed by atoms with Crippen molar-refractivity contribution in [1.29, 1.82) is 0 Å². The number of nitrogens with zero attached hydrogens (tertiary/aromatic N) is 5. The van der Waals surface area contributed by atoms with Crippen molar-refractivity contribution >= 4 is 11.5 Å². The first-order valence-electron chi connectivity index (χ1n) is 8.06. The molecule has 3 rings (SSSR count). The van der Waals surface area contributed by atoms with E-state index >= 15 is 0 Å². The van der Waals surface area contributed by atoms with Crippen LogP contribution in [0.5, 0.6) is 0 Å². The monoisotopic (exact) mass is 327 g/mol. The van der Waals surface area contributed by atoms with Crippen molar-refractivity contribution < 1.29 is 4.92 Å². The minimum absolute atomic E-state index is 0.0718. The van der Waals surface area contributed by atoms with Gasteiger partial charge >= 0.3 is 0 Å². The van der Waals surface area contributed by atoms with Crippen LogP contribution in [0.2, 0.25) is 0 Å². The number of hydrogen-bond acceptors (Lipinski definition) is 6. The van der Waals surface area contributed by atoms with Gasteiger partial charge in [0.1, 0.15) is 12.0 Å². The van der Waals surface area contributed by atoms with Crippen molar-refractivity contribution in [2.45, 2.75) is 19.9 Å². The third kappa shape index (κ3) is 3.35. The van der Waals surface area contributed by atoms with Gasteiger partial charge in [0, 0.05) is 50.2 Å². The highest BCUT2D eigenvalue weighted by molar-refractivity contribution is 5.48. The van der Waals surface area contributed by atoms with Crippen LogP contribution in [-0.4, -0.2) is 46.0 Å². The van der Waals surface area contributed by atoms with E-state index in [2.05, 4.69) is 32.8 Å². The molecule has 1 fully saturated rings. The molecule has 0 bridgehead atoms. The summed E-state index contributed by atoms with van der Waals surface area (Å²) in [6.45, 7) is 7.51. The van der Waals surface area contributed by atoms with Crippen LogP contribution < -0.4 is 4.90 Å². The van der Waals surface area contributed by atoms with Crippen LogP contribution in [0, 0.1) is 17.0 Å². The van der Waals surface area contributed by atoms with E-state index in [1.54, 1.807) is 19.2 Å². The Bertz CT molecular complexity index is 714. The lowest BCUT2D eigenvalue weighted by atomic mass is 10.1. The molecule has 24 heavy (non-hydrogen) atoms. The zero-order chi connectivity index (χ0) is 17.1. The molecule has 0 spiro atoms. The van der Waals surface area contributed by atoms with Crippen molar-refractivity contribution in [3.63, 3.8) is 0 Å². The second-order valence-electron chi connectivity index (χ2n) is 6.07. The van der Waals surface area contributed by atoms with E-state index in [0.717, 1.165) is 32.0 Å². The Morgan fingerprint density at radius 3 is 2.58 bits per heavy atom. The predicted molar refractivity (Wildman–Crippen MR) is 92.1 cm³/mol. The van der Waals surface area contributed by atoms with Gasteiger partial charge in [-0.05, 0) is 31.5 Å². The van der Waals surface area contributed by atoms with Gasteiger partial charge in [0.2, 0.25) is 0 Å². The number of aromatic nitrogens is 2. The summed E-state index contributed by atoms with van der Waals surface area (Å²) in [5.74, 6) is 0.812. The Balaban J connectivity index is 1.65. The van der Waals surface area contributed by atoms with Crippen molar-refractivity contribution in [1.82, 2.24) is 14.9 Å². The van der Waals surface area contributed by atoms with Crippen LogP contribution in [0.15, 0.2) is 36.8 Å². The van der Waals surface area contributed by atoms with Gasteiger partial charge < -0.3 is 4.90 Å². The second kappa shape index (κ2) is 6.92. The van der Waals surface area contributed by atoms with Crippen LogP contribution in [-0.2, 0) is 0 Å². The minimum atomic E-state index is -0.389. The van der Waals surface area contributed by atoms with E-state index < -0.39 is 0 Å². The number of rotatable bonds is 4. The van der Waals surface area contributed by atoms with Gasteiger partial charge in [-0.1, -0.05) is 6.07 Å². The maximum Gasteiger partial charge on any atom is 0.290 e. The molecule has 0 amide bonds. The summed E-state index contributed by atoms with van der Waals surface area (Å²) >= 11 is 0. The fraction of sp³-hybridized carbons (Fsp3) is 0.412. The van der Waals surface area contributed by atoms with Crippen molar-refractivity contribution in [3.8, 4) is 0 Å². The molecule has 1 unspecified atom stereocenters. The van der Waals surface area contributed by atoms with Crippen molar-refractivity contribution in [2.75, 3.05) is 31.1 Å². The highest BCUT2D eigenvalue weighted by Gasteiger charge is 2.23. The fourth-order valence-corrected chi connectivity index (χ4v) is 3.07. The largest absolute Gasteiger partial charge is 0.354 e. The SMILES string of the molecule is Cc1cc(N2CCN(C(C)c3cccnc3)CC2)ncc1[N+](=O)[O-]. The maximum absolute atomic E-state index is 10.9.